The quantitative estimate of drug-likeness (QED) is 0.145. The summed E-state index contributed by atoms with van der Waals surface area (Å²) in [5, 5.41) is 10.6. The molecule has 2 aliphatic heterocycles. The fourth-order valence-electron chi connectivity index (χ4n) is 6.00. The van der Waals surface area contributed by atoms with Crippen molar-refractivity contribution < 1.29 is 33.0 Å². The Morgan fingerprint density at radius 3 is 1.47 bits per heavy atom. The number of hydrogen-bond acceptors (Lipinski definition) is 7. The second-order valence-corrected chi connectivity index (χ2v) is 15.1. The van der Waals surface area contributed by atoms with E-state index in [2.05, 4.69) is 9.80 Å². The van der Waals surface area contributed by atoms with Crippen LogP contribution in [0.25, 0.3) is 0 Å². The Morgan fingerprint density at radius 2 is 1.05 bits per heavy atom. The summed E-state index contributed by atoms with van der Waals surface area (Å²) in [6.07, 6.45) is 4.68. The predicted octanol–water partition coefficient (Wildman–Crippen LogP) is 9.59. The molecule has 0 bridgehead atoms. The maximum Gasteiger partial charge on any atom is 0.341 e. The van der Waals surface area contributed by atoms with E-state index in [0.29, 0.717) is 50.0 Å². The maximum absolute atomic E-state index is 12.9. The van der Waals surface area contributed by atoms with Crippen molar-refractivity contribution in [3.05, 3.63) is 128 Å². The molecule has 296 valence electrons. The highest BCUT2D eigenvalue weighted by atomic mass is 35.5. The highest BCUT2D eigenvalue weighted by Crippen LogP contribution is 2.27. The van der Waals surface area contributed by atoms with Gasteiger partial charge in [-0.25, -0.2) is 13.6 Å². The lowest BCUT2D eigenvalue weighted by Crippen LogP contribution is -2.39. The third-order valence-electron chi connectivity index (χ3n) is 9.03. The molecule has 0 amide bonds. The second kappa shape index (κ2) is 22.9. The zero-order chi connectivity index (χ0) is 39.7. The van der Waals surface area contributed by atoms with E-state index in [0.717, 1.165) is 70.5 Å². The number of hydrogen-bond donors (Lipinski definition) is 2. The van der Waals surface area contributed by atoms with Crippen molar-refractivity contribution in [2.24, 2.45) is 11.7 Å². The Bertz CT molecular complexity index is 1810. The van der Waals surface area contributed by atoms with Gasteiger partial charge in [-0.15, -0.1) is 0 Å². The van der Waals surface area contributed by atoms with E-state index >= 15 is 0 Å². The van der Waals surface area contributed by atoms with Crippen LogP contribution in [0.15, 0.2) is 84.9 Å². The van der Waals surface area contributed by atoms with Gasteiger partial charge in [-0.2, -0.15) is 0 Å². The minimum absolute atomic E-state index is 0.0368. The molecule has 3 N–H and O–H groups in total. The van der Waals surface area contributed by atoms with Crippen LogP contribution in [-0.2, 0) is 22.7 Å². The molecule has 0 spiro atoms. The molecule has 6 rings (SSSR count). The zero-order valence-electron chi connectivity index (χ0n) is 30.2. The number of nitrogens with two attached hydrogens (primary N) is 1. The van der Waals surface area contributed by atoms with E-state index in [1.807, 2.05) is 36.4 Å². The second-order valence-electron chi connectivity index (χ2n) is 13.5. The van der Waals surface area contributed by atoms with Crippen molar-refractivity contribution >= 4 is 58.2 Å². The van der Waals surface area contributed by atoms with Crippen LogP contribution < -0.4 is 15.2 Å². The molecule has 2 saturated heterocycles. The summed E-state index contributed by atoms with van der Waals surface area (Å²) in [6.45, 7) is 5.45. The topological polar surface area (TPSA) is 105 Å². The molecule has 4 aromatic carbocycles. The monoisotopic (exact) mass is 837 g/mol. The summed E-state index contributed by atoms with van der Waals surface area (Å²) < 4.78 is 35.4. The highest BCUT2D eigenvalue weighted by molar-refractivity contribution is 6.42. The molecule has 0 atom stereocenters. The van der Waals surface area contributed by atoms with Gasteiger partial charge in [0.25, 0.3) is 0 Å². The summed E-state index contributed by atoms with van der Waals surface area (Å²) in [7, 11) is 0. The van der Waals surface area contributed by atoms with Gasteiger partial charge in [0.2, 0.25) is 0 Å². The Balaban J connectivity index is 0.000000203. The Hall–Kier alpha value is -3.48. The number of halogens is 6. The van der Waals surface area contributed by atoms with E-state index < -0.39 is 12.6 Å². The molecule has 0 saturated carbocycles. The first-order valence-electron chi connectivity index (χ1n) is 17.9. The summed E-state index contributed by atoms with van der Waals surface area (Å²) in [6, 6.07) is 22.8. The summed E-state index contributed by atoms with van der Waals surface area (Å²) in [5.41, 5.74) is 8.23. The minimum Gasteiger partial charge on any atom is -0.486 e. The van der Waals surface area contributed by atoms with Crippen molar-refractivity contribution in [1.82, 2.24) is 9.80 Å². The van der Waals surface area contributed by atoms with Crippen LogP contribution in [0.3, 0.4) is 0 Å². The first-order valence-corrected chi connectivity index (χ1v) is 19.4. The number of ether oxygens (including phenoxy) is 2. The van der Waals surface area contributed by atoms with Crippen LogP contribution in [0.1, 0.15) is 43.2 Å². The number of ketones is 1. The minimum atomic E-state index is -1.06. The largest absolute Gasteiger partial charge is 0.486 e. The Morgan fingerprint density at radius 1 is 0.636 bits per heavy atom. The molecular formula is C41H45Cl4F2N3O5. The Kier molecular flexibility index (Phi) is 18.4. The van der Waals surface area contributed by atoms with Crippen molar-refractivity contribution in [2.75, 3.05) is 39.4 Å². The highest BCUT2D eigenvalue weighted by Gasteiger charge is 2.22. The van der Waals surface area contributed by atoms with E-state index in [1.54, 1.807) is 0 Å². The van der Waals surface area contributed by atoms with Gasteiger partial charge < -0.3 is 20.3 Å². The van der Waals surface area contributed by atoms with E-state index in [-0.39, 0.29) is 24.0 Å². The number of piperidine rings is 2. The summed E-state index contributed by atoms with van der Waals surface area (Å²) >= 11 is 23.9. The molecular weight excluding hydrogens is 794 g/mol. The lowest BCUT2D eigenvalue weighted by atomic mass is 9.91. The van der Waals surface area contributed by atoms with E-state index in [4.69, 9.17) is 66.7 Å². The number of nitrogens with zero attached hydrogens (tertiary/aromatic N) is 2. The first-order chi connectivity index (χ1) is 26.3. The Labute approximate surface area is 341 Å². The van der Waals surface area contributed by atoms with Gasteiger partial charge in [-0.05, 0) is 142 Å². The number of benzene rings is 4. The number of carbonyl (C=O) groups is 2. The number of Topliss-reactive ketones (excluding diaryl/α,β-unsaturated/α-hetero) is 1. The molecule has 0 unspecified atom stereocenters. The summed E-state index contributed by atoms with van der Waals surface area (Å²) in [5.74, 6) is -0.417. The normalized spacial score (nSPS) is 15.3. The van der Waals surface area contributed by atoms with Crippen molar-refractivity contribution in [3.8, 4) is 11.5 Å². The van der Waals surface area contributed by atoms with Gasteiger partial charge in [-0.1, -0.05) is 58.5 Å². The van der Waals surface area contributed by atoms with Crippen LogP contribution in [0, 0.1) is 17.6 Å². The number of carboxylic acids is 1. The van der Waals surface area contributed by atoms with Gasteiger partial charge in [0, 0.05) is 25.6 Å². The number of rotatable bonds is 12. The number of likely N-dealkylation sites (tertiary alicyclic amines) is 2. The zero-order valence-corrected chi connectivity index (χ0v) is 33.3. The lowest BCUT2D eigenvalue weighted by molar-refractivity contribution is -0.139. The SMILES string of the molecule is NC1CCN(Cc2ccc(Cl)c(Cl)c2)CC1.O=C(COc1ccc(F)cc1)CC1CCN(Cc2ccc(Cl)c(Cl)c2)CC1.O=C(O)COc1ccc(F)cc1. The number of carbonyl (C=O) groups excluding carboxylic acids is 1. The van der Waals surface area contributed by atoms with Gasteiger partial charge in [0.05, 0.1) is 20.1 Å². The summed E-state index contributed by atoms with van der Waals surface area (Å²) in [4.78, 5) is 27.0. The van der Waals surface area contributed by atoms with Crippen molar-refractivity contribution in [1.29, 1.82) is 0 Å². The number of carboxylic acid groups (broad SMARTS) is 1. The van der Waals surface area contributed by atoms with Gasteiger partial charge in [0.1, 0.15) is 29.7 Å². The van der Waals surface area contributed by atoms with Crippen LogP contribution >= 0.6 is 46.4 Å². The smallest absolute Gasteiger partial charge is 0.341 e. The average Bonchev–Trinajstić information content (AvgIpc) is 3.16. The van der Waals surface area contributed by atoms with Crippen LogP contribution in [0.4, 0.5) is 8.78 Å². The fourth-order valence-corrected chi connectivity index (χ4v) is 6.64. The molecule has 2 fully saturated rings. The standard InChI is InChI=1S/C21H22Cl2FNO2.C12H16Cl2N2.C8H7FO3/c22-20-6-1-16(12-21(20)23)13-25-9-7-15(8-10-25)11-18(26)14-27-19-4-2-17(24)3-5-19;13-11-2-1-9(7-12(11)14)8-16-5-3-10(15)4-6-16;9-6-1-3-7(4-2-6)12-5-8(10)11/h1-6,12,15H,7-11,13-14H2;1-2,7,10H,3-6,8,15H2;1-4H,5H2,(H,10,11). The average molecular weight is 840 g/mol. The number of aliphatic carboxylic acids is 1. The molecule has 14 heteroatoms. The van der Waals surface area contributed by atoms with Gasteiger partial charge in [-0.3, -0.25) is 14.6 Å². The fraction of sp³-hybridized carbons (Fsp3) is 0.366. The molecule has 4 aromatic rings. The molecule has 0 aromatic heterocycles. The maximum atomic E-state index is 12.9. The van der Waals surface area contributed by atoms with Crippen LogP contribution in [0.2, 0.25) is 20.1 Å². The predicted molar refractivity (Wildman–Crippen MR) is 214 cm³/mol. The molecule has 55 heavy (non-hydrogen) atoms. The molecule has 0 aliphatic carbocycles. The van der Waals surface area contributed by atoms with E-state index in [9.17, 15) is 18.4 Å². The van der Waals surface area contributed by atoms with E-state index in [1.165, 1.54) is 54.1 Å². The molecule has 2 heterocycles. The molecule has 2 aliphatic rings. The van der Waals surface area contributed by atoms with Crippen molar-refractivity contribution in [3.63, 3.8) is 0 Å². The third-order valence-corrected chi connectivity index (χ3v) is 10.5. The third kappa shape index (κ3) is 16.6. The van der Waals surface area contributed by atoms with Gasteiger partial charge in [0.15, 0.2) is 12.4 Å². The van der Waals surface area contributed by atoms with Gasteiger partial charge >= 0.3 is 5.97 Å². The first kappa shape index (κ1) is 44.2. The van der Waals surface area contributed by atoms with Crippen LogP contribution in [0.5, 0.6) is 11.5 Å². The van der Waals surface area contributed by atoms with Crippen molar-refractivity contribution in [2.45, 2.75) is 51.2 Å². The lowest BCUT2D eigenvalue weighted by Gasteiger charge is -2.31. The van der Waals surface area contributed by atoms with Crippen LogP contribution in [-0.4, -0.2) is 72.1 Å². The molecule has 8 nitrogen and oxygen atoms in total. The molecule has 0 radical (unpaired) electrons.